The molecular weight excluding hydrogens is 612 g/mol. The standard InChI is InChI=1S/C22H21I2NO5/c1-22(2,21(28)29)30-16-5-3-4-14(10-16)13-6-8-25(9-7-13)20(27)15-11-17(23)19(26)18(24)12-15/h3-6,10-12,26H,7-9H2,1-2H3,(H,28,29). The van der Waals surface area contributed by atoms with E-state index < -0.39 is 11.6 Å². The van der Waals surface area contributed by atoms with Gasteiger partial charge in [-0.25, -0.2) is 4.79 Å². The molecular formula is C22H21I2NO5. The number of phenols is 1. The van der Waals surface area contributed by atoms with Gasteiger partial charge < -0.3 is 19.8 Å². The Hall–Kier alpha value is -1.82. The van der Waals surface area contributed by atoms with Crippen molar-refractivity contribution >= 4 is 62.6 Å². The van der Waals surface area contributed by atoms with Crippen molar-refractivity contribution in [3.05, 3.63) is 60.7 Å². The Morgan fingerprint density at radius 1 is 1.13 bits per heavy atom. The number of carbonyl (C=O) groups is 2. The Morgan fingerprint density at radius 2 is 1.80 bits per heavy atom. The summed E-state index contributed by atoms with van der Waals surface area (Å²) in [4.78, 5) is 25.9. The van der Waals surface area contributed by atoms with Gasteiger partial charge in [0.1, 0.15) is 11.5 Å². The molecule has 0 spiro atoms. The molecule has 0 fully saturated rings. The first-order chi connectivity index (χ1) is 14.1. The number of aromatic hydroxyl groups is 1. The fourth-order valence-corrected chi connectivity index (χ4v) is 4.85. The highest BCUT2D eigenvalue weighted by molar-refractivity contribution is 14.1. The first kappa shape index (κ1) is 22.9. The number of hydrogen-bond donors (Lipinski definition) is 2. The van der Waals surface area contributed by atoms with Crippen molar-refractivity contribution in [2.24, 2.45) is 0 Å². The van der Waals surface area contributed by atoms with Crippen molar-refractivity contribution in [3.63, 3.8) is 0 Å². The van der Waals surface area contributed by atoms with Crippen LogP contribution in [0.5, 0.6) is 11.5 Å². The van der Waals surface area contributed by atoms with Gasteiger partial charge in [0, 0.05) is 18.7 Å². The molecule has 0 aliphatic carbocycles. The van der Waals surface area contributed by atoms with E-state index in [1.807, 2.05) is 69.5 Å². The largest absolute Gasteiger partial charge is 0.506 e. The fraction of sp³-hybridized carbons (Fsp3) is 0.273. The average molecular weight is 633 g/mol. The Bertz CT molecular complexity index is 1010. The van der Waals surface area contributed by atoms with Crippen molar-refractivity contribution in [3.8, 4) is 11.5 Å². The summed E-state index contributed by atoms with van der Waals surface area (Å²) >= 11 is 4.04. The zero-order chi connectivity index (χ0) is 22.1. The molecule has 0 atom stereocenters. The van der Waals surface area contributed by atoms with Gasteiger partial charge in [0.05, 0.1) is 7.14 Å². The number of halogens is 2. The second-order valence-corrected chi connectivity index (χ2v) is 9.79. The average Bonchev–Trinajstić information content (AvgIpc) is 2.71. The second kappa shape index (κ2) is 9.13. The lowest BCUT2D eigenvalue weighted by Crippen LogP contribution is -2.37. The number of carboxylic acid groups (broad SMARTS) is 1. The lowest BCUT2D eigenvalue weighted by Gasteiger charge is -2.27. The molecule has 6 nitrogen and oxygen atoms in total. The Morgan fingerprint density at radius 3 is 2.37 bits per heavy atom. The van der Waals surface area contributed by atoms with Gasteiger partial charge in [0.25, 0.3) is 5.91 Å². The number of benzene rings is 2. The summed E-state index contributed by atoms with van der Waals surface area (Å²) in [5, 5.41) is 19.2. The Kier molecular flexibility index (Phi) is 6.95. The maximum Gasteiger partial charge on any atom is 0.347 e. The number of aliphatic carboxylic acids is 1. The maximum absolute atomic E-state index is 12.9. The number of phenolic OH excluding ortho intramolecular Hbond substituents is 1. The van der Waals surface area contributed by atoms with Gasteiger partial charge in [0.2, 0.25) is 0 Å². The van der Waals surface area contributed by atoms with Crippen molar-refractivity contribution < 1.29 is 24.5 Å². The van der Waals surface area contributed by atoms with Gasteiger partial charge in [-0.3, -0.25) is 4.79 Å². The first-order valence-electron chi connectivity index (χ1n) is 9.27. The van der Waals surface area contributed by atoms with Crippen LogP contribution in [0.4, 0.5) is 0 Å². The molecule has 158 valence electrons. The fourth-order valence-electron chi connectivity index (χ4n) is 3.08. The quantitative estimate of drug-likeness (QED) is 0.464. The maximum atomic E-state index is 12.9. The summed E-state index contributed by atoms with van der Waals surface area (Å²) in [6.07, 6.45) is 2.70. The Balaban J connectivity index is 1.74. The van der Waals surface area contributed by atoms with E-state index in [1.165, 1.54) is 13.8 Å². The number of amides is 1. The third-order valence-electron chi connectivity index (χ3n) is 4.85. The number of rotatable bonds is 5. The van der Waals surface area contributed by atoms with Crippen LogP contribution in [0.25, 0.3) is 5.57 Å². The minimum absolute atomic E-state index is 0.0681. The second-order valence-electron chi connectivity index (χ2n) is 7.46. The topological polar surface area (TPSA) is 87.1 Å². The van der Waals surface area contributed by atoms with Crippen molar-refractivity contribution in [1.82, 2.24) is 4.90 Å². The highest BCUT2D eigenvalue weighted by Gasteiger charge is 2.29. The van der Waals surface area contributed by atoms with E-state index in [0.717, 1.165) is 11.1 Å². The van der Waals surface area contributed by atoms with Gasteiger partial charge in [-0.15, -0.1) is 0 Å². The zero-order valence-corrected chi connectivity index (χ0v) is 20.8. The summed E-state index contributed by atoms with van der Waals surface area (Å²) < 4.78 is 6.93. The molecule has 2 aromatic carbocycles. The van der Waals surface area contributed by atoms with Crippen LogP contribution in [0.15, 0.2) is 42.5 Å². The van der Waals surface area contributed by atoms with Gasteiger partial charge >= 0.3 is 5.97 Å². The molecule has 1 aliphatic rings. The lowest BCUT2D eigenvalue weighted by molar-refractivity contribution is -0.152. The molecule has 2 N–H and O–H groups in total. The molecule has 3 rings (SSSR count). The number of carbonyl (C=O) groups excluding carboxylic acids is 1. The monoisotopic (exact) mass is 633 g/mol. The van der Waals surface area contributed by atoms with Crippen LogP contribution in [-0.2, 0) is 4.79 Å². The SMILES string of the molecule is CC(C)(Oc1cccc(C2=CCN(C(=O)c3cc(I)c(O)c(I)c3)CC2)c1)C(=O)O. The lowest BCUT2D eigenvalue weighted by atomic mass is 9.98. The van der Waals surface area contributed by atoms with Gasteiger partial charge in [-0.1, -0.05) is 18.2 Å². The molecule has 8 heteroatoms. The normalized spacial score (nSPS) is 14.3. The molecule has 1 aliphatic heterocycles. The van der Waals surface area contributed by atoms with E-state index in [2.05, 4.69) is 0 Å². The van der Waals surface area contributed by atoms with Crippen LogP contribution in [-0.4, -0.2) is 45.7 Å². The minimum Gasteiger partial charge on any atom is -0.506 e. The molecule has 0 bridgehead atoms. The van der Waals surface area contributed by atoms with E-state index in [1.54, 1.807) is 23.1 Å². The highest BCUT2D eigenvalue weighted by Crippen LogP contribution is 2.30. The molecule has 1 heterocycles. The summed E-state index contributed by atoms with van der Waals surface area (Å²) in [5.74, 6) is -0.409. The molecule has 0 unspecified atom stereocenters. The van der Waals surface area contributed by atoms with E-state index >= 15 is 0 Å². The summed E-state index contributed by atoms with van der Waals surface area (Å²) in [5.41, 5.74) is 1.29. The van der Waals surface area contributed by atoms with Gasteiger partial charge in [0.15, 0.2) is 5.60 Å². The van der Waals surface area contributed by atoms with E-state index in [0.29, 0.717) is 38.0 Å². The predicted octanol–water partition coefficient (Wildman–Crippen LogP) is 4.77. The van der Waals surface area contributed by atoms with E-state index in [4.69, 9.17) is 4.74 Å². The predicted molar refractivity (Wildman–Crippen MR) is 131 cm³/mol. The Labute approximate surface area is 202 Å². The number of carboxylic acids is 1. The summed E-state index contributed by atoms with van der Waals surface area (Å²) in [6.45, 7) is 4.08. The molecule has 0 saturated carbocycles. The van der Waals surface area contributed by atoms with E-state index in [-0.39, 0.29) is 11.7 Å². The van der Waals surface area contributed by atoms with Gasteiger partial charge in [-0.2, -0.15) is 0 Å². The van der Waals surface area contributed by atoms with Crippen molar-refractivity contribution in [1.29, 1.82) is 0 Å². The van der Waals surface area contributed by atoms with Gasteiger partial charge in [-0.05, 0) is 101 Å². The molecule has 30 heavy (non-hydrogen) atoms. The van der Waals surface area contributed by atoms with Crippen LogP contribution in [0.1, 0.15) is 36.2 Å². The minimum atomic E-state index is -1.32. The van der Waals surface area contributed by atoms with Crippen LogP contribution in [0.2, 0.25) is 0 Å². The highest BCUT2D eigenvalue weighted by atomic mass is 127. The smallest absolute Gasteiger partial charge is 0.347 e. The molecule has 2 aromatic rings. The zero-order valence-electron chi connectivity index (χ0n) is 16.5. The summed E-state index contributed by atoms with van der Waals surface area (Å²) in [6, 6.07) is 10.8. The molecule has 0 aromatic heterocycles. The van der Waals surface area contributed by atoms with Crippen LogP contribution in [0, 0.1) is 7.14 Å². The van der Waals surface area contributed by atoms with Crippen LogP contribution >= 0.6 is 45.2 Å². The molecule has 0 saturated heterocycles. The number of hydrogen-bond acceptors (Lipinski definition) is 4. The molecule has 0 radical (unpaired) electrons. The molecule has 1 amide bonds. The first-order valence-corrected chi connectivity index (χ1v) is 11.4. The van der Waals surface area contributed by atoms with Crippen LogP contribution in [0.3, 0.4) is 0 Å². The third kappa shape index (κ3) is 5.08. The number of ether oxygens (including phenoxy) is 1. The van der Waals surface area contributed by atoms with E-state index in [9.17, 15) is 19.8 Å². The van der Waals surface area contributed by atoms with Crippen LogP contribution < -0.4 is 4.74 Å². The van der Waals surface area contributed by atoms with Crippen molar-refractivity contribution in [2.75, 3.05) is 13.1 Å². The summed E-state index contributed by atoms with van der Waals surface area (Å²) in [7, 11) is 0. The number of nitrogens with zero attached hydrogens (tertiary/aromatic N) is 1. The third-order valence-corrected chi connectivity index (χ3v) is 6.50. The van der Waals surface area contributed by atoms with Crippen molar-refractivity contribution in [2.45, 2.75) is 25.9 Å².